The summed E-state index contributed by atoms with van der Waals surface area (Å²) >= 11 is 0. The van der Waals surface area contributed by atoms with Crippen LogP contribution in [0.2, 0.25) is 0 Å². The summed E-state index contributed by atoms with van der Waals surface area (Å²) in [4.78, 5) is 40.4. The van der Waals surface area contributed by atoms with E-state index in [9.17, 15) is 9.59 Å². The standard InChI is InChI=1S/C34H39N5O4/c1-6-25(40)20-23-10-7-12-27-26(23)15-14-22(2)30(27)42-31-28(13-8-17-35-31)29-16-18-36-32(38-29)37-24-11-9-19-39(21-24)33(41)43-34(3,4)5/h7-8,10,12-18,24H,6,9,11,19-21H2,1-5H3,(H,36,37,38)/t24-/m0/s1. The van der Waals surface area contributed by atoms with Gasteiger partial charge >= 0.3 is 6.09 Å². The predicted octanol–water partition coefficient (Wildman–Crippen LogP) is 7.13. The highest BCUT2D eigenvalue weighted by molar-refractivity contribution is 5.95. The Bertz CT molecular complexity index is 1630. The van der Waals surface area contributed by atoms with Gasteiger partial charge in [-0.25, -0.2) is 19.7 Å². The molecule has 224 valence electrons. The van der Waals surface area contributed by atoms with Gasteiger partial charge < -0.3 is 19.7 Å². The molecule has 3 heterocycles. The highest BCUT2D eigenvalue weighted by Gasteiger charge is 2.28. The molecule has 2 aromatic heterocycles. The monoisotopic (exact) mass is 581 g/mol. The number of ether oxygens (including phenoxy) is 2. The van der Waals surface area contributed by atoms with E-state index in [-0.39, 0.29) is 17.9 Å². The van der Waals surface area contributed by atoms with E-state index in [1.165, 1.54) is 0 Å². The minimum atomic E-state index is -0.542. The van der Waals surface area contributed by atoms with Crippen LogP contribution in [-0.2, 0) is 16.0 Å². The number of amides is 1. The molecule has 1 aliphatic rings. The van der Waals surface area contributed by atoms with Crippen molar-refractivity contribution in [2.75, 3.05) is 18.4 Å². The topological polar surface area (TPSA) is 107 Å². The fourth-order valence-electron chi connectivity index (χ4n) is 5.24. The van der Waals surface area contributed by atoms with Crippen molar-refractivity contribution in [1.82, 2.24) is 19.9 Å². The lowest BCUT2D eigenvalue weighted by Crippen LogP contribution is -2.47. The molecule has 2 aromatic carbocycles. The second-order valence-corrected chi connectivity index (χ2v) is 11.9. The number of Topliss-reactive ketones (excluding diaryl/α,β-unsaturated/α-hetero) is 1. The first-order chi connectivity index (χ1) is 20.6. The van der Waals surface area contributed by atoms with E-state index in [2.05, 4.69) is 15.3 Å². The Labute approximate surface area is 252 Å². The van der Waals surface area contributed by atoms with Crippen LogP contribution in [0.15, 0.2) is 60.9 Å². The smallest absolute Gasteiger partial charge is 0.410 e. The number of rotatable bonds is 8. The van der Waals surface area contributed by atoms with Crippen molar-refractivity contribution >= 4 is 28.6 Å². The number of nitrogens with zero attached hydrogens (tertiary/aromatic N) is 4. The van der Waals surface area contributed by atoms with Crippen molar-refractivity contribution in [3.05, 3.63) is 72.1 Å². The number of benzene rings is 2. The third-order valence-electron chi connectivity index (χ3n) is 7.39. The van der Waals surface area contributed by atoms with Crippen molar-refractivity contribution in [1.29, 1.82) is 0 Å². The van der Waals surface area contributed by atoms with E-state index in [1.807, 2.05) is 83.1 Å². The van der Waals surface area contributed by atoms with Gasteiger partial charge in [-0.05, 0) is 75.2 Å². The first-order valence-corrected chi connectivity index (χ1v) is 14.8. The minimum absolute atomic E-state index is 0.00624. The highest BCUT2D eigenvalue weighted by atomic mass is 16.6. The van der Waals surface area contributed by atoms with Gasteiger partial charge in [0, 0.05) is 49.8 Å². The summed E-state index contributed by atoms with van der Waals surface area (Å²) in [5.74, 6) is 1.78. The van der Waals surface area contributed by atoms with Gasteiger partial charge in [0.1, 0.15) is 17.1 Å². The predicted molar refractivity (Wildman–Crippen MR) is 167 cm³/mol. The number of carbonyl (C=O) groups is 2. The van der Waals surface area contributed by atoms with Crippen LogP contribution in [0.4, 0.5) is 10.7 Å². The van der Waals surface area contributed by atoms with Crippen LogP contribution in [0.25, 0.3) is 22.0 Å². The maximum Gasteiger partial charge on any atom is 0.410 e. The fraction of sp³-hybridized carbons (Fsp3) is 0.382. The Morgan fingerprint density at radius 2 is 1.86 bits per heavy atom. The van der Waals surface area contributed by atoms with E-state index in [1.54, 1.807) is 17.3 Å². The summed E-state index contributed by atoms with van der Waals surface area (Å²) in [5, 5.41) is 5.32. The van der Waals surface area contributed by atoms with Crippen molar-refractivity contribution in [2.24, 2.45) is 0 Å². The summed E-state index contributed by atoms with van der Waals surface area (Å²) in [7, 11) is 0. The van der Waals surface area contributed by atoms with Gasteiger partial charge in [0.25, 0.3) is 0 Å². The van der Waals surface area contributed by atoms with E-state index in [0.717, 1.165) is 40.3 Å². The quantitative estimate of drug-likeness (QED) is 0.234. The summed E-state index contributed by atoms with van der Waals surface area (Å²) in [6.07, 6.45) is 5.73. The van der Waals surface area contributed by atoms with E-state index in [0.29, 0.717) is 49.2 Å². The molecule has 1 atom stereocenters. The van der Waals surface area contributed by atoms with Crippen LogP contribution in [0, 0.1) is 6.92 Å². The SMILES string of the molecule is CCC(=O)Cc1cccc2c(Oc3ncccc3-c3ccnc(N[C@H]4CCCN(C(=O)OC(C)(C)C)C4)n3)c(C)ccc12. The molecule has 1 aliphatic heterocycles. The molecule has 9 nitrogen and oxygen atoms in total. The Hall–Kier alpha value is -4.53. The molecular formula is C34H39N5O4. The molecule has 0 spiro atoms. The molecule has 5 rings (SSSR count). The second-order valence-electron chi connectivity index (χ2n) is 11.9. The Morgan fingerprint density at radius 1 is 1.02 bits per heavy atom. The Kier molecular flexibility index (Phi) is 8.89. The fourth-order valence-corrected chi connectivity index (χ4v) is 5.24. The van der Waals surface area contributed by atoms with Crippen LogP contribution in [0.5, 0.6) is 11.6 Å². The Balaban J connectivity index is 1.39. The van der Waals surface area contributed by atoms with Crippen molar-refractivity contribution in [3.8, 4) is 22.9 Å². The number of nitrogens with one attached hydrogen (secondary N) is 1. The molecule has 1 N–H and O–H groups in total. The maximum absolute atomic E-state index is 12.6. The normalized spacial score (nSPS) is 15.3. The molecule has 43 heavy (non-hydrogen) atoms. The number of aryl methyl sites for hydroxylation is 1. The first-order valence-electron chi connectivity index (χ1n) is 14.8. The number of hydrogen-bond donors (Lipinski definition) is 1. The lowest BCUT2D eigenvalue weighted by atomic mass is 9.97. The van der Waals surface area contributed by atoms with Crippen LogP contribution >= 0.6 is 0 Å². The van der Waals surface area contributed by atoms with Gasteiger partial charge in [0.05, 0.1) is 11.3 Å². The molecule has 1 saturated heterocycles. The molecule has 0 aliphatic carbocycles. The molecule has 0 saturated carbocycles. The minimum Gasteiger partial charge on any atom is -0.444 e. The Morgan fingerprint density at radius 3 is 2.65 bits per heavy atom. The van der Waals surface area contributed by atoms with Gasteiger partial charge in [-0.2, -0.15) is 0 Å². The second kappa shape index (κ2) is 12.8. The highest BCUT2D eigenvalue weighted by Crippen LogP contribution is 2.37. The summed E-state index contributed by atoms with van der Waals surface area (Å²) in [6.45, 7) is 10.7. The first kappa shape index (κ1) is 29.9. The molecular weight excluding hydrogens is 542 g/mol. The van der Waals surface area contributed by atoms with Gasteiger partial charge in [0.15, 0.2) is 0 Å². The van der Waals surface area contributed by atoms with Crippen molar-refractivity contribution in [3.63, 3.8) is 0 Å². The summed E-state index contributed by atoms with van der Waals surface area (Å²) in [6, 6.07) is 15.6. The molecule has 9 heteroatoms. The lowest BCUT2D eigenvalue weighted by molar-refractivity contribution is -0.118. The number of carbonyl (C=O) groups excluding carboxylic acids is 2. The zero-order valence-electron chi connectivity index (χ0n) is 25.5. The van der Waals surface area contributed by atoms with Crippen LogP contribution in [0.3, 0.4) is 0 Å². The molecule has 4 aromatic rings. The van der Waals surface area contributed by atoms with E-state index < -0.39 is 5.60 Å². The molecule has 0 bridgehead atoms. The number of pyridine rings is 1. The summed E-state index contributed by atoms with van der Waals surface area (Å²) < 4.78 is 12.1. The van der Waals surface area contributed by atoms with Crippen molar-refractivity contribution in [2.45, 2.75) is 71.9 Å². The maximum atomic E-state index is 12.6. The zero-order chi connectivity index (χ0) is 30.6. The number of ketones is 1. The van der Waals surface area contributed by atoms with Crippen LogP contribution < -0.4 is 10.1 Å². The van der Waals surface area contributed by atoms with Crippen molar-refractivity contribution < 1.29 is 19.1 Å². The lowest BCUT2D eigenvalue weighted by Gasteiger charge is -2.34. The number of piperidine rings is 1. The van der Waals surface area contributed by atoms with Crippen LogP contribution in [0.1, 0.15) is 58.1 Å². The average Bonchev–Trinajstić information content (AvgIpc) is 2.98. The van der Waals surface area contributed by atoms with Gasteiger partial charge in [-0.3, -0.25) is 4.79 Å². The molecule has 1 fully saturated rings. The summed E-state index contributed by atoms with van der Waals surface area (Å²) in [5.41, 5.74) is 2.78. The van der Waals surface area contributed by atoms with Crippen LogP contribution in [-0.4, -0.2) is 56.5 Å². The average molecular weight is 582 g/mol. The number of aromatic nitrogens is 3. The largest absolute Gasteiger partial charge is 0.444 e. The van der Waals surface area contributed by atoms with E-state index >= 15 is 0 Å². The van der Waals surface area contributed by atoms with Gasteiger partial charge in [-0.1, -0.05) is 37.3 Å². The number of fused-ring (bicyclic) bond motifs is 1. The van der Waals surface area contributed by atoms with Gasteiger partial charge in [0.2, 0.25) is 11.8 Å². The third kappa shape index (κ3) is 7.28. The zero-order valence-corrected chi connectivity index (χ0v) is 25.5. The number of likely N-dealkylation sites (tertiary alicyclic amines) is 1. The number of anilines is 1. The molecule has 0 unspecified atom stereocenters. The number of hydrogen-bond acceptors (Lipinski definition) is 8. The molecule has 0 radical (unpaired) electrons. The third-order valence-corrected chi connectivity index (χ3v) is 7.39. The van der Waals surface area contributed by atoms with Gasteiger partial charge in [-0.15, -0.1) is 0 Å². The molecule has 1 amide bonds. The van der Waals surface area contributed by atoms with E-state index in [4.69, 9.17) is 14.5 Å².